The van der Waals surface area contributed by atoms with E-state index in [1.54, 1.807) is 0 Å². The number of benzene rings is 1. The molecular formula is C17H24ClNO2. The third kappa shape index (κ3) is 4.37. The van der Waals surface area contributed by atoms with Gasteiger partial charge in [-0.15, -0.1) is 11.6 Å². The Morgan fingerprint density at radius 3 is 2.48 bits per heavy atom. The van der Waals surface area contributed by atoms with Crippen LogP contribution in [0.1, 0.15) is 49.4 Å². The first kappa shape index (κ1) is 16.2. The van der Waals surface area contributed by atoms with E-state index in [4.69, 9.17) is 16.3 Å². The van der Waals surface area contributed by atoms with Gasteiger partial charge in [0.05, 0.1) is 6.61 Å². The van der Waals surface area contributed by atoms with Crippen LogP contribution in [0.25, 0.3) is 0 Å². The lowest BCUT2D eigenvalue weighted by molar-refractivity contribution is 0.0649. The van der Waals surface area contributed by atoms with Gasteiger partial charge < -0.3 is 9.64 Å². The molecule has 0 bridgehead atoms. The Morgan fingerprint density at radius 2 is 1.90 bits per heavy atom. The molecule has 0 atom stereocenters. The summed E-state index contributed by atoms with van der Waals surface area (Å²) in [5, 5.41) is 0. The molecule has 1 aliphatic carbocycles. The number of hydrogen-bond acceptors (Lipinski definition) is 2. The van der Waals surface area contributed by atoms with Crippen molar-refractivity contribution in [2.75, 3.05) is 19.0 Å². The Bertz CT molecular complexity index is 441. The van der Waals surface area contributed by atoms with E-state index in [-0.39, 0.29) is 5.91 Å². The minimum Gasteiger partial charge on any atom is -0.494 e. The van der Waals surface area contributed by atoms with E-state index in [1.807, 2.05) is 36.1 Å². The van der Waals surface area contributed by atoms with Crippen LogP contribution in [0.5, 0.6) is 5.75 Å². The second-order valence-electron chi connectivity index (χ2n) is 5.44. The third-order valence-electron chi connectivity index (χ3n) is 4.01. The Kier molecular flexibility index (Phi) is 6.37. The van der Waals surface area contributed by atoms with E-state index < -0.39 is 0 Å². The molecular weight excluding hydrogens is 286 g/mol. The molecule has 1 amide bonds. The zero-order chi connectivity index (χ0) is 15.1. The summed E-state index contributed by atoms with van der Waals surface area (Å²) >= 11 is 5.90. The van der Waals surface area contributed by atoms with Gasteiger partial charge in [-0.05, 0) is 44.0 Å². The van der Waals surface area contributed by atoms with Crippen molar-refractivity contribution in [2.24, 2.45) is 0 Å². The predicted octanol–water partition coefficient (Wildman–Crippen LogP) is 4.10. The van der Waals surface area contributed by atoms with E-state index in [1.165, 1.54) is 19.3 Å². The molecule has 4 heteroatoms. The molecule has 0 heterocycles. The molecule has 0 unspecified atom stereocenters. The standard InChI is InChI=1S/C17H24ClNO2/c1-2-21-16-10-8-14(9-11-16)17(20)19(13-12-18)15-6-4-3-5-7-15/h8-11,15H,2-7,12-13H2,1H3. The zero-order valence-corrected chi connectivity index (χ0v) is 13.4. The summed E-state index contributed by atoms with van der Waals surface area (Å²) in [6.07, 6.45) is 5.89. The van der Waals surface area contributed by atoms with E-state index in [0.717, 1.165) is 18.6 Å². The molecule has 2 rings (SSSR count). The fourth-order valence-electron chi connectivity index (χ4n) is 2.96. The van der Waals surface area contributed by atoms with Crippen molar-refractivity contribution in [3.8, 4) is 5.75 Å². The van der Waals surface area contributed by atoms with E-state index in [9.17, 15) is 4.79 Å². The maximum atomic E-state index is 12.7. The van der Waals surface area contributed by atoms with Crippen molar-refractivity contribution < 1.29 is 9.53 Å². The summed E-state index contributed by atoms with van der Waals surface area (Å²) in [6, 6.07) is 7.75. The monoisotopic (exact) mass is 309 g/mol. The highest BCUT2D eigenvalue weighted by atomic mass is 35.5. The fraction of sp³-hybridized carbons (Fsp3) is 0.588. The summed E-state index contributed by atoms with van der Waals surface area (Å²) < 4.78 is 5.42. The second-order valence-corrected chi connectivity index (χ2v) is 5.81. The third-order valence-corrected chi connectivity index (χ3v) is 4.18. The highest BCUT2D eigenvalue weighted by Crippen LogP contribution is 2.24. The maximum Gasteiger partial charge on any atom is 0.254 e. The Hall–Kier alpha value is -1.22. The molecule has 3 nitrogen and oxygen atoms in total. The van der Waals surface area contributed by atoms with Gasteiger partial charge in [0.2, 0.25) is 0 Å². The van der Waals surface area contributed by atoms with Crippen LogP contribution in [-0.2, 0) is 0 Å². The van der Waals surface area contributed by atoms with Gasteiger partial charge in [-0.3, -0.25) is 4.79 Å². The lowest BCUT2D eigenvalue weighted by atomic mass is 9.93. The second kappa shape index (κ2) is 8.28. The van der Waals surface area contributed by atoms with E-state index in [0.29, 0.717) is 30.6 Å². The minimum atomic E-state index is 0.0885. The molecule has 0 N–H and O–H groups in total. The maximum absolute atomic E-state index is 12.7. The number of halogens is 1. The molecule has 21 heavy (non-hydrogen) atoms. The molecule has 0 spiro atoms. The average molecular weight is 310 g/mol. The highest BCUT2D eigenvalue weighted by molar-refractivity contribution is 6.18. The largest absolute Gasteiger partial charge is 0.494 e. The first-order valence-corrected chi connectivity index (χ1v) is 8.39. The summed E-state index contributed by atoms with van der Waals surface area (Å²) in [7, 11) is 0. The Labute approximate surface area is 132 Å². The molecule has 1 fully saturated rings. The van der Waals surface area contributed by atoms with Crippen molar-refractivity contribution in [3.05, 3.63) is 29.8 Å². The summed E-state index contributed by atoms with van der Waals surface area (Å²) in [6.45, 7) is 3.20. The number of carbonyl (C=O) groups is 1. The van der Waals surface area contributed by atoms with Crippen LogP contribution in [0, 0.1) is 0 Å². The quantitative estimate of drug-likeness (QED) is 0.740. The summed E-state index contributed by atoms with van der Waals surface area (Å²) in [5.41, 5.74) is 0.717. The first-order valence-electron chi connectivity index (χ1n) is 7.86. The van der Waals surface area contributed by atoms with E-state index in [2.05, 4.69) is 0 Å². The van der Waals surface area contributed by atoms with Crippen molar-refractivity contribution in [1.29, 1.82) is 0 Å². The normalized spacial score (nSPS) is 15.7. The van der Waals surface area contributed by atoms with Gasteiger partial charge in [0.15, 0.2) is 0 Å². The van der Waals surface area contributed by atoms with Crippen LogP contribution in [0.3, 0.4) is 0 Å². The zero-order valence-electron chi connectivity index (χ0n) is 12.7. The molecule has 1 saturated carbocycles. The molecule has 1 aromatic rings. The molecule has 1 aliphatic rings. The summed E-state index contributed by atoms with van der Waals surface area (Å²) in [4.78, 5) is 14.7. The van der Waals surface area contributed by atoms with Crippen molar-refractivity contribution in [1.82, 2.24) is 4.90 Å². The van der Waals surface area contributed by atoms with Gasteiger partial charge in [0.25, 0.3) is 5.91 Å². The van der Waals surface area contributed by atoms with Crippen LogP contribution in [0.15, 0.2) is 24.3 Å². The average Bonchev–Trinajstić information content (AvgIpc) is 2.54. The first-order chi connectivity index (χ1) is 10.3. The van der Waals surface area contributed by atoms with Gasteiger partial charge >= 0.3 is 0 Å². The van der Waals surface area contributed by atoms with Crippen LogP contribution >= 0.6 is 11.6 Å². The number of rotatable bonds is 6. The lowest BCUT2D eigenvalue weighted by Gasteiger charge is -2.34. The Balaban J connectivity index is 2.09. The predicted molar refractivity (Wildman–Crippen MR) is 86.2 cm³/mol. The molecule has 1 aromatic carbocycles. The number of ether oxygens (including phenoxy) is 1. The van der Waals surface area contributed by atoms with Crippen LogP contribution in [-0.4, -0.2) is 35.9 Å². The van der Waals surface area contributed by atoms with Crippen molar-refractivity contribution in [2.45, 2.75) is 45.1 Å². The molecule has 0 aromatic heterocycles. The van der Waals surface area contributed by atoms with E-state index >= 15 is 0 Å². The number of alkyl halides is 1. The lowest BCUT2D eigenvalue weighted by Crippen LogP contribution is -2.42. The van der Waals surface area contributed by atoms with Gasteiger partial charge in [-0.2, -0.15) is 0 Å². The summed E-state index contributed by atoms with van der Waals surface area (Å²) in [5.74, 6) is 1.38. The molecule has 116 valence electrons. The van der Waals surface area contributed by atoms with Crippen molar-refractivity contribution in [3.63, 3.8) is 0 Å². The number of amides is 1. The van der Waals surface area contributed by atoms with Crippen molar-refractivity contribution >= 4 is 17.5 Å². The van der Waals surface area contributed by atoms with Crippen LogP contribution in [0.4, 0.5) is 0 Å². The number of carbonyl (C=O) groups excluding carboxylic acids is 1. The molecule has 0 aliphatic heterocycles. The SMILES string of the molecule is CCOc1ccc(C(=O)N(CCCl)C2CCCCC2)cc1. The highest BCUT2D eigenvalue weighted by Gasteiger charge is 2.25. The fourth-order valence-corrected chi connectivity index (χ4v) is 3.14. The number of nitrogens with zero attached hydrogens (tertiary/aromatic N) is 1. The topological polar surface area (TPSA) is 29.5 Å². The van der Waals surface area contributed by atoms with Crippen LogP contribution in [0.2, 0.25) is 0 Å². The van der Waals surface area contributed by atoms with Gasteiger partial charge in [0, 0.05) is 24.0 Å². The smallest absolute Gasteiger partial charge is 0.254 e. The Morgan fingerprint density at radius 1 is 1.24 bits per heavy atom. The minimum absolute atomic E-state index is 0.0885. The van der Waals surface area contributed by atoms with Gasteiger partial charge in [-0.1, -0.05) is 19.3 Å². The molecule has 0 radical (unpaired) electrons. The van der Waals surface area contributed by atoms with Crippen LogP contribution < -0.4 is 4.74 Å². The van der Waals surface area contributed by atoms with Gasteiger partial charge in [0.1, 0.15) is 5.75 Å². The number of hydrogen-bond donors (Lipinski definition) is 0. The van der Waals surface area contributed by atoms with Gasteiger partial charge in [-0.25, -0.2) is 0 Å². The molecule has 0 saturated heterocycles.